The van der Waals surface area contributed by atoms with Crippen molar-refractivity contribution in [1.82, 2.24) is 9.62 Å². The highest BCUT2D eigenvalue weighted by molar-refractivity contribution is 7.89. The number of amides is 1. The zero-order valence-corrected chi connectivity index (χ0v) is 24.4. The smallest absolute Gasteiger partial charge is 0.259 e. The molecule has 1 amide bonds. The molecule has 0 bridgehead atoms. The van der Waals surface area contributed by atoms with Crippen molar-refractivity contribution in [2.75, 3.05) is 31.5 Å². The number of rotatable bonds is 12. The highest BCUT2D eigenvalue weighted by Gasteiger charge is 2.19. The molecule has 214 valence electrons. The first-order valence-corrected chi connectivity index (χ1v) is 15.1. The molecule has 0 atom stereocenters. The van der Waals surface area contributed by atoms with Gasteiger partial charge in [-0.15, -0.1) is 5.11 Å². The molecule has 41 heavy (non-hydrogen) atoms. The van der Waals surface area contributed by atoms with E-state index in [1.54, 1.807) is 42.5 Å². The van der Waals surface area contributed by atoms with E-state index in [0.29, 0.717) is 40.1 Å². The lowest BCUT2D eigenvalue weighted by Crippen LogP contribution is -2.30. The fourth-order valence-corrected chi connectivity index (χ4v) is 5.46. The van der Waals surface area contributed by atoms with E-state index >= 15 is 0 Å². The van der Waals surface area contributed by atoms with Gasteiger partial charge in [-0.2, -0.15) is 5.11 Å². The van der Waals surface area contributed by atoms with Crippen LogP contribution in [0.1, 0.15) is 30.6 Å². The summed E-state index contributed by atoms with van der Waals surface area (Å²) in [6, 6.07) is 21.4. The van der Waals surface area contributed by atoms with Gasteiger partial charge in [0.1, 0.15) is 5.69 Å². The second-order valence-corrected chi connectivity index (χ2v) is 11.5. The van der Waals surface area contributed by atoms with E-state index in [9.17, 15) is 18.3 Å². The van der Waals surface area contributed by atoms with Gasteiger partial charge in [-0.25, -0.2) is 13.1 Å². The summed E-state index contributed by atoms with van der Waals surface area (Å²) in [7, 11) is -3.69. The standard InChI is InChI=1S/C30H32ClN5O4S/c1-3-36(4-2)19-7-18-32-41(39,40)25-16-14-23(15-17-25)33-30(38)27-20-21-8-5-6-9-26(21)28(29(27)37)35-34-24-12-10-22(31)11-13-24/h5-6,8-17,20,32,37H,3-4,7,18-19H2,1-2H3,(H,33,38). The Hall–Kier alpha value is -3.83. The molecule has 0 aliphatic rings. The van der Waals surface area contributed by atoms with Crippen molar-refractivity contribution in [3.05, 3.63) is 89.4 Å². The zero-order valence-electron chi connectivity index (χ0n) is 22.8. The Morgan fingerprint density at radius 3 is 2.32 bits per heavy atom. The number of benzene rings is 4. The monoisotopic (exact) mass is 593 g/mol. The molecular weight excluding hydrogens is 562 g/mol. The van der Waals surface area contributed by atoms with Crippen LogP contribution in [0.2, 0.25) is 5.02 Å². The maximum absolute atomic E-state index is 13.2. The summed E-state index contributed by atoms with van der Waals surface area (Å²) in [6.45, 7) is 7.12. The number of sulfonamides is 1. The molecule has 4 rings (SSSR count). The highest BCUT2D eigenvalue weighted by atomic mass is 35.5. The number of phenolic OH excluding ortho intramolecular Hbond substituents is 1. The molecule has 0 heterocycles. The third kappa shape index (κ3) is 7.68. The number of nitrogens with zero attached hydrogens (tertiary/aromatic N) is 3. The van der Waals surface area contributed by atoms with Crippen molar-refractivity contribution in [3.63, 3.8) is 0 Å². The summed E-state index contributed by atoms with van der Waals surface area (Å²) < 4.78 is 28.0. The van der Waals surface area contributed by atoms with Gasteiger partial charge in [0, 0.05) is 22.6 Å². The minimum atomic E-state index is -3.69. The first kappa shape index (κ1) is 30.1. The molecule has 4 aromatic carbocycles. The lowest BCUT2D eigenvalue weighted by atomic mass is 10.0. The number of carbonyl (C=O) groups excluding carboxylic acids is 1. The van der Waals surface area contributed by atoms with Crippen LogP contribution in [0.5, 0.6) is 5.75 Å². The van der Waals surface area contributed by atoms with Gasteiger partial charge in [-0.3, -0.25) is 4.79 Å². The van der Waals surface area contributed by atoms with Crippen LogP contribution < -0.4 is 10.0 Å². The number of halogens is 1. The second kappa shape index (κ2) is 13.7. The van der Waals surface area contributed by atoms with Gasteiger partial charge >= 0.3 is 0 Å². The molecule has 0 aromatic heterocycles. The number of anilines is 1. The van der Waals surface area contributed by atoms with Crippen LogP contribution in [-0.2, 0) is 10.0 Å². The van der Waals surface area contributed by atoms with E-state index < -0.39 is 15.9 Å². The van der Waals surface area contributed by atoms with E-state index in [0.717, 1.165) is 19.6 Å². The van der Waals surface area contributed by atoms with Gasteiger partial charge in [-0.05, 0) is 86.0 Å². The molecule has 0 saturated heterocycles. The number of azo groups is 1. The number of nitrogens with one attached hydrogen (secondary N) is 2. The first-order chi connectivity index (χ1) is 19.7. The number of phenols is 1. The van der Waals surface area contributed by atoms with Crippen LogP contribution in [0, 0.1) is 0 Å². The molecule has 0 radical (unpaired) electrons. The van der Waals surface area contributed by atoms with E-state index in [1.807, 2.05) is 12.1 Å². The highest BCUT2D eigenvalue weighted by Crippen LogP contribution is 2.39. The molecule has 4 aromatic rings. The predicted octanol–water partition coefficient (Wildman–Crippen LogP) is 6.88. The van der Waals surface area contributed by atoms with E-state index in [1.165, 1.54) is 24.3 Å². The number of carbonyl (C=O) groups is 1. The largest absolute Gasteiger partial charge is 0.505 e. The molecule has 3 N–H and O–H groups in total. The summed E-state index contributed by atoms with van der Waals surface area (Å²) >= 11 is 5.94. The van der Waals surface area contributed by atoms with Crippen LogP contribution in [0.25, 0.3) is 10.8 Å². The van der Waals surface area contributed by atoms with Gasteiger partial charge in [0.2, 0.25) is 10.0 Å². The maximum Gasteiger partial charge on any atom is 0.259 e. The van der Waals surface area contributed by atoms with Gasteiger partial charge < -0.3 is 15.3 Å². The molecular formula is C30H32ClN5O4S. The predicted molar refractivity (Wildman–Crippen MR) is 163 cm³/mol. The average molecular weight is 594 g/mol. The number of hydrogen-bond donors (Lipinski definition) is 3. The average Bonchev–Trinajstić information content (AvgIpc) is 2.97. The summed E-state index contributed by atoms with van der Waals surface area (Å²) in [6.07, 6.45) is 0.700. The Morgan fingerprint density at radius 2 is 1.63 bits per heavy atom. The van der Waals surface area contributed by atoms with Gasteiger partial charge in [0.05, 0.1) is 16.1 Å². The first-order valence-electron chi connectivity index (χ1n) is 13.3. The molecule has 0 spiro atoms. The number of fused-ring (bicyclic) bond motifs is 1. The molecule has 0 fully saturated rings. The Bertz CT molecular complexity index is 1640. The number of hydrogen-bond acceptors (Lipinski definition) is 7. The molecule has 0 unspecified atom stereocenters. The van der Waals surface area contributed by atoms with Gasteiger partial charge in [0.15, 0.2) is 5.75 Å². The minimum Gasteiger partial charge on any atom is -0.505 e. The number of aromatic hydroxyl groups is 1. The van der Waals surface area contributed by atoms with Crippen molar-refractivity contribution in [1.29, 1.82) is 0 Å². The lowest BCUT2D eigenvalue weighted by Gasteiger charge is -2.17. The molecule has 9 nitrogen and oxygen atoms in total. The Morgan fingerprint density at radius 1 is 0.951 bits per heavy atom. The van der Waals surface area contributed by atoms with E-state index in [4.69, 9.17) is 11.6 Å². The van der Waals surface area contributed by atoms with E-state index in [2.05, 4.69) is 39.0 Å². The quantitative estimate of drug-likeness (QED) is 0.122. The van der Waals surface area contributed by atoms with Crippen LogP contribution in [-0.4, -0.2) is 50.5 Å². The van der Waals surface area contributed by atoms with Crippen molar-refractivity contribution in [3.8, 4) is 5.75 Å². The summed E-state index contributed by atoms with van der Waals surface area (Å²) in [4.78, 5) is 15.5. The van der Waals surface area contributed by atoms with Crippen molar-refractivity contribution >= 4 is 55.4 Å². The van der Waals surface area contributed by atoms with Gasteiger partial charge in [-0.1, -0.05) is 49.7 Å². The summed E-state index contributed by atoms with van der Waals surface area (Å²) in [5.41, 5.74) is 1.05. The Labute approximate surface area is 244 Å². The zero-order chi connectivity index (χ0) is 29.4. The van der Waals surface area contributed by atoms with Crippen molar-refractivity contribution in [2.45, 2.75) is 25.2 Å². The molecule has 11 heteroatoms. The third-order valence-electron chi connectivity index (χ3n) is 6.59. The normalized spacial score (nSPS) is 11.9. The fraction of sp³-hybridized carbons (Fsp3) is 0.233. The van der Waals surface area contributed by atoms with Crippen LogP contribution in [0.15, 0.2) is 94.0 Å². The topological polar surface area (TPSA) is 123 Å². The summed E-state index contributed by atoms with van der Waals surface area (Å²) in [5, 5.41) is 24.1. The SMILES string of the molecule is CCN(CC)CCCNS(=O)(=O)c1ccc(NC(=O)c2cc3ccccc3c(N=Nc3ccc(Cl)cc3)c2O)cc1. The van der Waals surface area contributed by atoms with Crippen LogP contribution >= 0.6 is 11.6 Å². The maximum atomic E-state index is 13.2. The summed E-state index contributed by atoms with van der Waals surface area (Å²) in [5.74, 6) is -0.909. The molecule has 0 aliphatic heterocycles. The van der Waals surface area contributed by atoms with Crippen molar-refractivity contribution < 1.29 is 18.3 Å². The second-order valence-electron chi connectivity index (χ2n) is 9.28. The van der Waals surface area contributed by atoms with Crippen molar-refractivity contribution in [2.24, 2.45) is 10.2 Å². The third-order valence-corrected chi connectivity index (χ3v) is 8.32. The fourth-order valence-electron chi connectivity index (χ4n) is 4.26. The lowest BCUT2D eigenvalue weighted by molar-refractivity contribution is 0.102. The van der Waals surface area contributed by atoms with Gasteiger partial charge in [0.25, 0.3) is 5.91 Å². The Balaban J connectivity index is 1.50. The van der Waals surface area contributed by atoms with E-state index in [-0.39, 0.29) is 21.9 Å². The molecule has 0 saturated carbocycles. The molecule has 0 aliphatic carbocycles. The Kier molecular flexibility index (Phi) is 10.1. The van der Waals surface area contributed by atoms with Crippen LogP contribution in [0.4, 0.5) is 17.1 Å². The van der Waals surface area contributed by atoms with Crippen LogP contribution in [0.3, 0.4) is 0 Å². The minimum absolute atomic E-state index is 0.000299.